The Morgan fingerprint density at radius 3 is 1.76 bits per heavy atom. The molecule has 0 atom stereocenters. The average Bonchev–Trinajstić information content (AvgIpc) is 2.10. The van der Waals surface area contributed by atoms with Crippen LogP contribution < -0.4 is 5.32 Å². The molecule has 0 bridgehead atoms. The second-order valence-electron chi connectivity index (χ2n) is 2.92. The van der Waals surface area contributed by atoms with Crippen molar-refractivity contribution in [1.82, 2.24) is 10.2 Å². The highest BCUT2D eigenvalue weighted by atomic mass is 19.4. The number of amides is 2. The number of rotatable bonds is 5. The number of carbonyl (C=O) groups excluding carboxylic acids is 1. The Hall–Kier alpha value is -2.00. The zero-order valence-corrected chi connectivity index (χ0v) is 8.32. The second kappa shape index (κ2) is 5.92. The van der Waals surface area contributed by atoms with Crippen molar-refractivity contribution in [3.05, 3.63) is 0 Å². The minimum Gasteiger partial charge on any atom is -0.480 e. The first-order valence-corrected chi connectivity index (χ1v) is 4.15. The van der Waals surface area contributed by atoms with Crippen LogP contribution in [-0.4, -0.2) is 58.9 Å². The summed E-state index contributed by atoms with van der Waals surface area (Å²) in [6.45, 7) is -3.67. The predicted octanol–water partition coefficient (Wildman–Crippen LogP) is -0.271. The molecule has 0 aromatic carbocycles. The van der Waals surface area contributed by atoms with Crippen molar-refractivity contribution in [2.75, 3.05) is 19.6 Å². The molecule has 0 spiro atoms. The van der Waals surface area contributed by atoms with E-state index in [0.717, 1.165) is 0 Å². The monoisotopic (exact) mass is 258 g/mol. The van der Waals surface area contributed by atoms with E-state index >= 15 is 0 Å². The van der Waals surface area contributed by atoms with Gasteiger partial charge in [-0.3, -0.25) is 9.59 Å². The maximum Gasteiger partial charge on any atom is 0.405 e. The summed E-state index contributed by atoms with van der Waals surface area (Å²) in [7, 11) is 0. The number of nitrogens with one attached hydrogen (secondary N) is 1. The van der Waals surface area contributed by atoms with E-state index in [1.165, 1.54) is 5.32 Å². The Morgan fingerprint density at radius 1 is 1.06 bits per heavy atom. The Balaban J connectivity index is 4.42. The van der Waals surface area contributed by atoms with Crippen LogP contribution in [0.5, 0.6) is 0 Å². The molecular weight excluding hydrogens is 249 g/mol. The third-order valence-corrected chi connectivity index (χ3v) is 1.38. The van der Waals surface area contributed by atoms with Crippen LogP contribution in [-0.2, 0) is 9.59 Å². The maximum absolute atomic E-state index is 11.7. The number of carboxylic acids is 2. The van der Waals surface area contributed by atoms with Crippen LogP contribution in [0.1, 0.15) is 0 Å². The van der Waals surface area contributed by atoms with Crippen LogP contribution in [0.15, 0.2) is 0 Å². The molecule has 98 valence electrons. The largest absolute Gasteiger partial charge is 0.480 e. The van der Waals surface area contributed by atoms with Crippen molar-refractivity contribution in [3.8, 4) is 0 Å². The van der Waals surface area contributed by atoms with E-state index in [2.05, 4.69) is 0 Å². The van der Waals surface area contributed by atoms with Gasteiger partial charge in [0.1, 0.15) is 19.6 Å². The highest BCUT2D eigenvalue weighted by molar-refractivity contribution is 5.84. The highest BCUT2D eigenvalue weighted by Gasteiger charge is 2.29. The highest BCUT2D eigenvalue weighted by Crippen LogP contribution is 2.12. The molecule has 0 aromatic heterocycles. The number of urea groups is 1. The number of aliphatic carboxylic acids is 2. The molecule has 0 heterocycles. The van der Waals surface area contributed by atoms with Crippen molar-refractivity contribution in [2.24, 2.45) is 0 Å². The SMILES string of the molecule is O=C(O)CN(CC(=O)O)C(=O)NCC(F)(F)F. The van der Waals surface area contributed by atoms with E-state index in [0.29, 0.717) is 0 Å². The first-order valence-electron chi connectivity index (χ1n) is 4.15. The van der Waals surface area contributed by atoms with Gasteiger partial charge < -0.3 is 20.4 Å². The van der Waals surface area contributed by atoms with Gasteiger partial charge in [0.2, 0.25) is 0 Å². The van der Waals surface area contributed by atoms with Crippen molar-refractivity contribution < 1.29 is 37.8 Å². The number of carbonyl (C=O) groups is 3. The van der Waals surface area contributed by atoms with Gasteiger partial charge in [-0.2, -0.15) is 13.2 Å². The number of halogens is 3. The molecule has 10 heteroatoms. The van der Waals surface area contributed by atoms with Gasteiger partial charge in [0.15, 0.2) is 0 Å². The van der Waals surface area contributed by atoms with Gasteiger partial charge >= 0.3 is 24.1 Å². The van der Waals surface area contributed by atoms with Gasteiger partial charge in [-0.15, -0.1) is 0 Å². The molecule has 0 rings (SSSR count). The van der Waals surface area contributed by atoms with Crippen LogP contribution in [0.4, 0.5) is 18.0 Å². The van der Waals surface area contributed by atoms with Crippen molar-refractivity contribution in [1.29, 1.82) is 0 Å². The van der Waals surface area contributed by atoms with Gasteiger partial charge in [-0.25, -0.2) is 4.79 Å². The van der Waals surface area contributed by atoms with E-state index in [4.69, 9.17) is 10.2 Å². The summed E-state index contributed by atoms with van der Waals surface area (Å²) in [5.74, 6) is -3.07. The summed E-state index contributed by atoms with van der Waals surface area (Å²) < 4.78 is 35.2. The molecule has 0 aromatic rings. The van der Waals surface area contributed by atoms with Gasteiger partial charge in [0.25, 0.3) is 0 Å². The molecular formula is C7H9F3N2O5. The lowest BCUT2D eigenvalue weighted by atomic mass is 10.5. The van der Waals surface area contributed by atoms with E-state index < -0.39 is 43.8 Å². The lowest BCUT2D eigenvalue weighted by molar-refractivity contribution is -0.140. The standard InChI is InChI=1S/C7H9F3N2O5/c8-7(9,10)3-11-6(17)12(1-4(13)14)2-5(15)16/h1-3H2,(H,11,17)(H,13,14)(H,15,16). The minimum absolute atomic E-state index is 0.233. The first-order chi connectivity index (χ1) is 7.61. The number of nitrogens with zero attached hydrogens (tertiary/aromatic N) is 1. The maximum atomic E-state index is 11.7. The van der Waals surface area contributed by atoms with Gasteiger partial charge in [0, 0.05) is 0 Å². The van der Waals surface area contributed by atoms with E-state index in [1.807, 2.05) is 0 Å². The molecule has 3 N–H and O–H groups in total. The van der Waals surface area contributed by atoms with E-state index in [-0.39, 0.29) is 4.90 Å². The molecule has 0 radical (unpaired) electrons. The molecule has 2 amide bonds. The summed E-state index contributed by atoms with van der Waals surface area (Å²) in [6, 6.07) is -1.41. The lowest BCUT2D eigenvalue weighted by Crippen LogP contribution is -2.47. The minimum atomic E-state index is -4.66. The molecule has 0 fully saturated rings. The third kappa shape index (κ3) is 7.88. The van der Waals surface area contributed by atoms with Crippen LogP contribution in [0.2, 0.25) is 0 Å². The molecule has 17 heavy (non-hydrogen) atoms. The van der Waals surface area contributed by atoms with Gasteiger partial charge in [-0.05, 0) is 0 Å². The second-order valence-corrected chi connectivity index (χ2v) is 2.92. The molecule has 0 aliphatic heterocycles. The Kier molecular flexibility index (Phi) is 5.22. The van der Waals surface area contributed by atoms with Crippen LogP contribution in [0.25, 0.3) is 0 Å². The Morgan fingerprint density at radius 2 is 1.47 bits per heavy atom. The first kappa shape index (κ1) is 15.0. The summed E-state index contributed by atoms with van der Waals surface area (Å²) >= 11 is 0. The van der Waals surface area contributed by atoms with Crippen LogP contribution in [0.3, 0.4) is 0 Å². The number of hydrogen-bond acceptors (Lipinski definition) is 3. The summed E-state index contributed by atoms with van der Waals surface area (Å²) in [5.41, 5.74) is 0. The fraction of sp³-hybridized carbons (Fsp3) is 0.571. The van der Waals surface area contributed by atoms with Gasteiger partial charge in [-0.1, -0.05) is 0 Å². The average molecular weight is 258 g/mol. The zero-order chi connectivity index (χ0) is 13.6. The molecule has 0 aliphatic carbocycles. The van der Waals surface area contributed by atoms with Crippen molar-refractivity contribution >= 4 is 18.0 Å². The fourth-order valence-electron chi connectivity index (χ4n) is 0.814. The number of hydrogen-bond donors (Lipinski definition) is 3. The molecule has 0 saturated heterocycles. The predicted molar refractivity (Wildman–Crippen MR) is 46.3 cm³/mol. The normalized spacial score (nSPS) is 10.8. The van der Waals surface area contributed by atoms with E-state index in [1.54, 1.807) is 0 Å². The molecule has 0 aliphatic rings. The Labute approximate surface area is 92.8 Å². The molecule has 0 unspecified atom stereocenters. The Bertz CT molecular complexity index is 301. The van der Waals surface area contributed by atoms with Gasteiger partial charge in [0.05, 0.1) is 0 Å². The summed E-state index contributed by atoms with van der Waals surface area (Å²) in [5, 5.41) is 18.0. The fourth-order valence-corrected chi connectivity index (χ4v) is 0.814. The zero-order valence-electron chi connectivity index (χ0n) is 8.32. The molecule has 0 saturated carbocycles. The summed E-state index contributed by atoms with van der Waals surface area (Å²) in [6.07, 6.45) is -4.66. The summed E-state index contributed by atoms with van der Waals surface area (Å²) in [4.78, 5) is 31.8. The third-order valence-electron chi connectivity index (χ3n) is 1.38. The smallest absolute Gasteiger partial charge is 0.405 e. The topological polar surface area (TPSA) is 107 Å². The van der Waals surface area contributed by atoms with Crippen LogP contribution >= 0.6 is 0 Å². The quantitative estimate of drug-likeness (QED) is 0.629. The lowest BCUT2D eigenvalue weighted by Gasteiger charge is -2.19. The van der Waals surface area contributed by atoms with Crippen molar-refractivity contribution in [2.45, 2.75) is 6.18 Å². The van der Waals surface area contributed by atoms with E-state index in [9.17, 15) is 27.6 Å². The molecule has 7 nitrogen and oxygen atoms in total. The number of carboxylic acid groups (broad SMARTS) is 2. The number of alkyl halides is 3. The van der Waals surface area contributed by atoms with Crippen LogP contribution in [0, 0.1) is 0 Å². The van der Waals surface area contributed by atoms with Crippen molar-refractivity contribution in [3.63, 3.8) is 0 Å².